The van der Waals surface area contributed by atoms with Crippen molar-refractivity contribution in [2.45, 2.75) is 70.2 Å². The molecule has 1 atom stereocenters. The second kappa shape index (κ2) is 12.4. The highest BCUT2D eigenvalue weighted by molar-refractivity contribution is 5.92. The Balaban J connectivity index is 1.48. The first kappa shape index (κ1) is 26.2. The highest BCUT2D eigenvalue weighted by atomic mass is 19.1. The molecule has 3 heterocycles. The van der Waals surface area contributed by atoms with Crippen LogP contribution in [0.25, 0.3) is 11.3 Å². The van der Waals surface area contributed by atoms with Crippen LogP contribution < -0.4 is 16.0 Å². The van der Waals surface area contributed by atoms with Gasteiger partial charge in [-0.15, -0.1) is 0 Å². The van der Waals surface area contributed by atoms with E-state index in [1.165, 1.54) is 0 Å². The molecule has 4 N–H and O–H groups in total. The largest absolute Gasteiger partial charge is 0.393 e. The van der Waals surface area contributed by atoms with E-state index in [9.17, 15) is 14.3 Å². The number of hydrogen-bond donors (Lipinski definition) is 4. The number of amides is 1. The van der Waals surface area contributed by atoms with Gasteiger partial charge in [0, 0.05) is 24.7 Å². The standard InChI is InChI=1S/C26H38FN7O2/c1-3-18(27)14-29-26-30-16-22(24(33-26)31-19-4-7-21(35)8-5-19)23-9-6-20(15-28-23)32-25(36)17-10-12-34(2)13-11-17/h6,9,15-19,21,35H,3-5,7-8,10-14H2,1-2H3,(H,32,36)(H2,29,30,31,33). The summed E-state index contributed by atoms with van der Waals surface area (Å²) in [6, 6.07) is 3.87. The molecule has 0 aromatic carbocycles. The molecule has 0 radical (unpaired) electrons. The van der Waals surface area contributed by atoms with Crippen molar-refractivity contribution in [1.29, 1.82) is 0 Å². The maximum absolute atomic E-state index is 13.7. The molecule has 1 saturated carbocycles. The van der Waals surface area contributed by atoms with Gasteiger partial charge in [-0.1, -0.05) is 6.92 Å². The molecule has 1 aliphatic carbocycles. The van der Waals surface area contributed by atoms with E-state index in [4.69, 9.17) is 0 Å². The molecule has 1 aliphatic heterocycles. The highest BCUT2D eigenvalue weighted by Crippen LogP contribution is 2.29. The Labute approximate surface area is 212 Å². The predicted octanol–water partition coefficient (Wildman–Crippen LogP) is 3.69. The minimum absolute atomic E-state index is 0.0239. The summed E-state index contributed by atoms with van der Waals surface area (Å²) < 4.78 is 13.7. The number of halogens is 1. The Morgan fingerprint density at radius 1 is 1.14 bits per heavy atom. The van der Waals surface area contributed by atoms with Gasteiger partial charge in [-0.25, -0.2) is 9.37 Å². The quantitative estimate of drug-likeness (QED) is 0.413. The van der Waals surface area contributed by atoms with Crippen molar-refractivity contribution in [3.05, 3.63) is 24.5 Å². The Morgan fingerprint density at radius 2 is 1.89 bits per heavy atom. The fraction of sp³-hybridized carbons (Fsp3) is 0.615. The lowest BCUT2D eigenvalue weighted by molar-refractivity contribution is -0.121. The third-order valence-corrected chi connectivity index (χ3v) is 7.15. The smallest absolute Gasteiger partial charge is 0.227 e. The first-order chi connectivity index (χ1) is 17.4. The summed E-state index contributed by atoms with van der Waals surface area (Å²) in [6.45, 7) is 3.81. The van der Waals surface area contributed by atoms with Crippen LogP contribution in [0.15, 0.2) is 24.5 Å². The number of carbonyl (C=O) groups is 1. The Kier molecular flexibility index (Phi) is 9.03. The molecule has 2 fully saturated rings. The monoisotopic (exact) mass is 499 g/mol. The van der Waals surface area contributed by atoms with Gasteiger partial charge in [-0.2, -0.15) is 4.98 Å². The predicted molar refractivity (Wildman–Crippen MR) is 140 cm³/mol. The Hall–Kier alpha value is -2.85. The van der Waals surface area contributed by atoms with E-state index in [0.717, 1.165) is 57.2 Å². The van der Waals surface area contributed by atoms with Crippen LogP contribution in [-0.2, 0) is 4.79 Å². The molecule has 196 valence electrons. The molecule has 1 saturated heterocycles. The molecule has 10 heteroatoms. The second-order valence-electron chi connectivity index (χ2n) is 9.99. The molecule has 0 bridgehead atoms. The van der Waals surface area contributed by atoms with Gasteiger partial charge in [0.25, 0.3) is 0 Å². The summed E-state index contributed by atoms with van der Waals surface area (Å²) in [6.07, 6.45) is 7.43. The Bertz CT molecular complexity index is 990. The zero-order chi connectivity index (χ0) is 25.5. The maximum Gasteiger partial charge on any atom is 0.227 e. The van der Waals surface area contributed by atoms with Crippen LogP contribution in [0.2, 0.25) is 0 Å². The molecule has 2 aromatic heterocycles. The molecule has 1 amide bonds. The number of aliphatic hydroxyl groups excluding tert-OH is 1. The van der Waals surface area contributed by atoms with E-state index in [1.54, 1.807) is 19.3 Å². The lowest BCUT2D eigenvalue weighted by Gasteiger charge is -2.28. The summed E-state index contributed by atoms with van der Waals surface area (Å²) in [5.41, 5.74) is 2.06. The average Bonchev–Trinajstić information content (AvgIpc) is 2.89. The van der Waals surface area contributed by atoms with E-state index in [-0.39, 0.29) is 30.5 Å². The fourth-order valence-electron chi connectivity index (χ4n) is 4.67. The average molecular weight is 500 g/mol. The van der Waals surface area contributed by atoms with Gasteiger partial charge in [0.15, 0.2) is 0 Å². The van der Waals surface area contributed by atoms with Gasteiger partial charge in [0.05, 0.1) is 29.2 Å². The van der Waals surface area contributed by atoms with Gasteiger partial charge in [0.2, 0.25) is 11.9 Å². The van der Waals surface area contributed by atoms with Crippen molar-refractivity contribution in [2.24, 2.45) is 5.92 Å². The third kappa shape index (κ3) is 7.10. The summed E-state index contributed by atoms with van der Waals surface area (Å²) in [7, 11) is 2.08. The van der Waals surface area contributed by atoms with E-state index in [2.05, 4.69) is 42.8 Å². The van der Waals surface area contributed by atoms with Gasteiger partial charge < -0.3 is 26.0 Å². The number of nitrogens with zero attached hydrogens (tertiary/aromatic N) is 4. The number of rotatable bonds is 9. The lowest BCUT2D eigenvalue weighted by atomic mass is 9.93. The van der Waals surface area contributed by atoms with Crippen LogP contribution in [0, 0.1) is 5.92 Å². The number of piperidine rings is 1. The number of aromatic nitrogens is 3. The number of nitrogens with one attached hydrogen (secondary N) is 3. The summed E-state index contributed by atoms with van der Waals surface area (Å²) >= 11 is 0. The van der Waals surface area contributed by atoms with Gasteiger partial charge in [-0.05, 0) is 77.2 Å². The number of alkyl halides is 1. The summed E-state index contributed by atoms with van der Waals surface area (Å²) in [5.74, 6) is 1.04. The van der Waals surface area contributed by atoms with Crippen LogP contribution in [0.3, 0.4) is 0 Å². The van der Waals surface area contributed by atoms with Gasteiger partial charge >= 0.3 is 0 Å². The van der Waals surface area contributed by atoms with Crippen LogP contribution in [0.4, 0.5) is 21.8 Å². The second-order valence-corrected chi connectivity index (χ2v) is 9.99. The van der Waals surface area contributed by atoms with Crippen molar-refractivity contribution in [3.63, 3.8) is 0 Å². The molecular formula is C26H38FN7O2. The first-order valence-electron chi connectivity index (χ1n) is 13.1. The zero-order valence-electron chi connectivity index (χ0n) is 21.2. The topological polar surface area (TPSA) is 115 Å². The molecule has 1 unspecified atom stereocenters. The van der Waals surface area contributed by atoms with Crippen LogP contribution in [0.5, 0.6) is 0 Å². The molecule has 2 aliphatic rings. The number of hydrogen-bond acceptors (Lipinski definition) is 8. The SMILES string of the molecule is CCC(F)CNc1ncc(-c2ccc(NC(=O)C3CCN(C)CC3)cn2)c(NC2CCC(O)CC2)n1. The minimum Gasteiger partial charge on any atom is -0.393 e. The number of likely N-dealkylation sites (tertiary alicyclic amines) is 1. The van der Waals surface area contributed by atoms with Gasteiger partial charge in [0.1, 0.15) is 12.0 Å². The molecule has 2 aromatic rings. The number of carbonyl (C=O) groups excluding carboxylic acids is 1. The molecule has 36 heavy (non-hydrogen) atoms. The van der Waals surface area contributed by atoms with E-state index in [0.29, 0.717) is 29.6 Å². The zero-order valence-corrected chi connectivity index (χ0v) is 21.2. The lowest BCUT2D eigenvalue weighted by Crippen LogP contribution is -2.35. The van der Waals surface area contributed by atoms with Crippen molar-refractivity contribution in [2.75, 3.05) is 42.6 Å². The van der Waals surface area contributed by atoms with Crippen LogP contribution in [-0.4, -0.2) is 75.9 Å². The molecular weight excluding hydrogens is 461 g/mol. The molecule has 4 rings (SSSR count). The number of pyridine rings is 1. The van der Waals surface area contributed by atoms with Crippen LogP contribution >= 0.6 is 0 Å². The fourth-order valence-corrected chi connectivity index (χ4v) is 4.67. The minimum atomic E-state index is -0.969. The van der Waals surface area contributed by atoms with E-state index in [1.807, 2.05) is 12.1 Å². The van der Waals surface area contributed by atoms with Crippen molar-refractivity contribution >= 4 is 23.4 Å². The van der Waals surface area contributed by atoms with E-state index < -0.39 is 6.17 Å². The van der Waals surface area contributed by atoms with E-state index >= 15 is 0 Å². The molecule has 0 spiro atoms. The number of aliphatic hydroxyl groups is 1. The van der Waals surface area contributed by atoms with Crippen LogP contribution in [0.1, 0.15) is 51.9 Å². The molecule has 9 nitrogen and oxygen atoms in total. The van der Waals surface area contributed by atoms with Crippen molar-refractivity contribution in [3.8, 4) is 11.3 Å². The van der Waals surface area contributed by atoms with Gasteiger partial charge in [-0.3, -0.25) is 9.78 Å². The summed E-state index contributed by atoms with van der Waals surface area (Å²) in [4.78, 5) is 28.5. The maximum atomic E-state index is 13.7. The highest BCUT2D eigenvalue weighted by Gasteiger charge is 2.24. The summed E-state index contributed by atoms with van der Waals surface area (Å²) in [5, 5.41) is 19.3. The van der Waals surface area contributed by atoms with Crippen molar-refractivity contribution < 1.29 is 14.3 Å². The third-order valence-electron chi connectivity index (χ3n) is 7.15. The number of anilines is 3. The normalized spacial score (nSPS) is 22.1. The first-order valence-corrected chi connectivity index (χ1v) is 13.1. The Morgan fingerprint density at radius 3 is 2.56 bits per heavy atom. The van der Waals surface area contributed by atoms with Crippen molar-refractivity contribution in [1.82, 2.24) is 19.9 Å².